The Bertz CT molecular complexity index is 771. The van der Waals surface area contributed by atoms with Crippen LogP contribution in [0, 0.1) is 17.0 Å². The molecule has 20 heavy (non-hydrogen) atoms. The Labute approximate surface area is 122 Å². The molecule has 0 saturated carbocycles. The number of sulfonamides is 1. The number of halogens is 1. The van der Waals surface area contributed by atoms with Crippen molar-refractivity contribution < 1.29 is 13.3 Å². The molecule has 0 aliphatic rings. The van der Waals surface area contributed by atoms with Gasteiger partial charge in [-0.2, -0.15) is 8.42 Å². The Morgan fingerprint density at radius 1 is 1.45 bits per heavy atom. The molecule has 0 unspecified atom stereocenters. The van der Waals surface area contributed by atoms with E-state index in [1.54, 1.807) is 6.92 Å². The van der Waals surface area contributed by atoms with Crippen molar-refractivity contribution in [2.75, 3.05) is 4.72 Å². The first-order valence-corrected chi connectivity index (χ1v) is 7.55. The molecule has 1 aromatic carbocycles. The molecule has 0 amide bonds. The van der Waals surface area contributed by atoms with E-state index >= 15 is 0 Å². The van der Waals surface area contributed by atoms with Crippen LogP contribution >= 0.6 is 15.9 Å². The van der Waals surface area contributed by atoms with Crippen LogP contribution in [-0.2, 0) is 10.0 Å². The minimum Gasteiger partial charge on any atom is -0.332 e. The van der Waals surface area contributed by atoms with E-state index in [9.17, 15) is 18.5 Å². The second-order valence-corrected chi connectivity index (χ2v) is 6.37. The second-order valence-electron chi connectivity index (χ2n) is 3.86. The van der Waals surface area contributed by atoms with Crippen molar-refractivity contribution in [2.24, 2.45) is 0 Å². The Kier molecular flexibility index (Phi) is 3.77. The van der Waals surface area contributed by atoms with Crippen molar-refractivity contribution in [2.45, 2.75) is 11.9 Å². The monoisotopic (exact) mass is 360 g/mol. The normalized spacial score (nSPS) is 11.3. The minimum atomic E-state index is -3.85. The van der Waals surface area contributed by atoms with E-state index in [1.807, 2.05) is 0 Å². The SMILES string of the molecule is Cc1ncc(S(=O)(=O)Nc2ccc(Br)c([N+](=O)[O-])c2)[nH]1. The van der Waals surface area contributed by atoms with Gasteiger partial charge in [0.15, 0.2) is 5.03 Å². The smallest absolute Gasteiger partial charge is 0.285 e. The standard InChI is InChI=1S/C10H9BrN4O4S/c1-6-12-5-10(13-6)20(18,19)14-7-2-3-8(11)9(4-7)15(16)17/h2-5,14H,1H3,(H,12,13). The molecule has 2 rings (SSSR count). The van der Waals surface area contributed by atoms with Gasteiger partial charge in [0.1, 0.15) is 5.82 Å². The lowest BCUT2D eigenvalue weighted by atomic mass is 10.3. The minimum absolute atomic E-state index is 0.0900. The summed E-state index contributed by atoms with van der Waals surface area (Å²) >= 11 is 3.02. The van der Waals surface area contributed by atoms with Crippen LogP contribution in [0.15, 0.2) is 33.9 Å². The van der Waals surface area contributed by atoms with Crippen LogP contribution in [-0.4, -0.2) is 23.3 Å². The summed E-state index contributed by atoms with van der Waals surface area (Å²) in [5, 5.41) is 10.7. The fourth-order valence-electron chi connectivity index (χ4n) is 1.46. The van der Waals surface area contributed by atoms with E-state index in [1.165, 1.54) is 18.3 Å². The molecule has 0 bridgehead atoms. The third kappa shape index (κ3) is 2.96. The number of hydrogen-bond acceptors (Lipinski definition) is 5. The van der Waals surface area contributed by atoms with Gasteiger partial charge in [0.05, 0.1) is 21.3 Å². The Morgan fingerprint density at radius 2 is 2.15 bits per heavy atom. The van der Waals surface area contributed by atoms with Gasteiger partial charge in [0, 0.05) is 6.07 Å². The van der Waals surface area contributed by atoms with Gasteiger partial charge < -0.3 is 4.98 Å². The fourth-order valence-corrected chi connectivity index (χ4v) is 2.87. The zero-order chi connectivity index (χ0) is 14.9. The first-order valence-electron chi connectivity index (χ1n) is 5.28. The van der Waals surface area contributed by atoms with Crippen molar-refractivity contribution in [3.05, 3.63) is 44.8 Å². The fraction of sp³-hybridized carbons (Fsp3) is 0.100. The number of anilines is 1. The number of nitro groups is 1. The second kappa shape index (κ2) is 5.21. The highest BCUT2D eigenvalue weighted by atomic mass is 79.9. The maximum absolute atomic E-state index is 12.0. The third-order valence-electron chi connectivity index (χ3n) is 2.36. The van der Waals surface area contributed by atoms with Gasteiger partial charge in [-0.3, -0.25) is 14.8 Å². The Morgan fingerprint density at radius 3 is 2.70 bits per heavy atom. The van der Waals surface area contributed by atoms with E-state index in [4.69, 9.17) is 0 Å². The quantitative estimate of drug-likeness (QED) is 0.639. The summed E-state index contributed by atoms with van der Waals surface area (Å²) in [6.45, 7) is 1.61. The molecule has 0 aliphatic heterocycles. The molecule has 0 radical (unpaired) electrons. The van der Waals surface area contributed by atoms with Crippen molar-refractivity contribution in [1.29, 1.82) is 0 Å². The molecule has 1 heterocycles. The molecule has 0 atom stereocenters. The predicted molar refractivity (Wildman–Crippen MR) is 74.9 cm³/mol. The van der Waals surface area contributed by atoms with Crippen LogP contribution in [0.4, 0.5) is 11.4 Å². The molecule has 2 aromatic rings. The van der Waals surface area contributed by atoms with Gasteiger partial charge in [0.2, 0.25) is 0 Å². The van der Waals surface area contributed by atoms with Crippen molar-refractivity contribution in [3.63, 3.8) is 0 Å². The maximum atomic E-state index is 12.0. The van der Waals surface area contributed by atoms with Crippen LogP contribution in [0.5, 0.6) is 0 Å². The summed E-state index contributed by atoms with van der Waals surface area (Å²) in [6, 6.07) is 3.94. The van der Waals surface area contributed by atoms with Gasteiger partial charge in [-0.15, -0.1) is 0 Å². The van der Waals surface area contributed by atoms with Crippen LogP contribution in [0.2, 0.25) is 0 Å². The molecule has 0 aliphatic carbocycles. The first kappa shape index (κ1) is 14.5. The van der Waals surface area contributed by atoms with Gasteiger partial charge in [0.25, 0.3) is 15.7 Å². The van der Waals surface area contributed by atoms with E-state index in [2.05, 4.69) is 30.6 Å². The number of nitrogens with one attached hydrogen (secondary N) is 2. The number of aryl methyl sites for hydroxylation is 1. The van der Waals surface area contributed by atoms with Crippen molar-refractivity contribution >= 4 is 37.3 Å². The number of benzene rings is 1. The molecule has 2 N–H and O–H groups in total. The van der Waals surface area contributed by atoms with Crippen molar-refractivity contribution in [3.8, 4) is 0 Å². The number of H-pyrrole nitrogens is 1. The molecule has 106 valence electrons. The number of aromatic amines is 1. The first-order chi connectivity index (χ1) is 9.29. The summed E-state index contributed by atoms with van der Waals surface area (Å²) in [5.41, 5.74) is -0.141. The van der Waals surface area contributed by atoms with E-state index in [0.717, 1.165) is 6.07 Å². The molecular formula is C10H9BrN4O4S. The highest BCUT2D eigenvalue weighted by Gasteiger charge is 2.19. The zero-order valence-electron chi connectivity index (χ0n) is 10.1. The molecule has 0 saturated heterocycles. The van der Waals surface area contributed by atoms with Crippen LogP contribution in [0.1, 0.15) is 5.82 Å². The lowest BCUT2D eigenvalue weighted by Crippen LogP contribution is -2.13. The van der Waals surface area contributed by atoms with Gasteiger partial charge in [-0.05, 0) is 35.0 Å². The number of rotatable bonds is 4. The van der Waals surface area contributed by atoms with Crippen LogP contribution in [0.3, 0.4) is 0 Å². The van der Waals surface area contributed by atoms with Gasteiger partial charge in [-0.25, -0.2) is 4.98 Å². The summed E-state index contributed by atoms with van der Waals surface area (Å²) in [4.78, 5) is 16.6. The predicted octanol–water partition coefficient (Wildman–Crippen LogP) is 2.19. The average molecular weight is 361 g/mol. The number of hydrogen-bond donors (Lipinski definition) is 2. The number of nitro benzene ring substituents is 1. The van der Waals surface area contributed by atoms with Crippen LogP contribution < -0.4 is 4.72 Å². The number of aromatic nitrogens is 2. The van der Waals surface area contributed by atoms with Gasteiger partial charge >= 0.3 is 0 Å². The Hall–Kier alpha value is -1.94. The van der Waals surface area contributed by atoms with E-state index in [0.29, 0.717) is 5.82 Å². The lowest BCUT2D eigenvalue weighted by Gasteiger charge is -2.06. The number of imidazole rings is 1. The highest BCUT2D eigenvalue weighted by molar-refractivity contribution is 9.10. The molecule has 0 fully saturated rings. The Balaban J connectivity index is 2.35. The molecule has 10 heteroatoms. The van der Waals surface area contributed by atoms with Gasteiger partial charge in [-0.1, -0.05) is 0 Å². The molecular weight excluding hydrogens is 352 g/mol. The zero-order valence-corrected chi connectivity index (χ0v) is 12.5. The highest BCUT2D eigenvalue weighted by Crippen LogP contribution is 2.28. The lowest BCUT2D eigenvalue weighted by molar-refractivity contribution is -0.385. The third-order valence-corrected chi connectivity index (χ3v) is 4.33. The summed E-state index contributed by atoms with van der Waals surface area (Å²) in [7, 11) is -3.85. The molecule has 0 spiro atoms. The van der Waals surface area contributed by atoms with E-state index < -0.39 is 14.9 Å². The summed E-state index contributed by atoms with van der Waals surface area (Å²) in [6.07, 6.45) is 1.17. The number of nitrogens with zero attached hydrogens (tertiary/aromatic N) is 2. The summed E-state index contributed by atoms with van der Waals surface area (Å²) in [5.74, 6) is 0.451. The largest absolute Gasteiger partial charge is 0.332 e. The molecule has 8 nitrogen and oxygen atoms in total. The van der Waals surface area contributed by atoms with E-state index in [-0.39, 0.29) is 20.9 Å². The van der Waals surface area contributed by atoms with Crippen LogP contribution in [0.25, 0.3) is 0 Å². The molecule has 1 aromatic heterocycles. The van der Waals surface area contributed by atoms with Crippen molar-refractivity contribution in [1.82, 2.24) is 9.97 Å². The maximum Gasteiger partial charge on any atom is 0.285 e. The topological polar surface area (TPSA) is 118 Å². The average Bonchev–Trinajstić information content (AvgIpc) is 2.78. The summed E-state index contributed by atoms with van der Waals surface area (Å²) < 4.78 is 26.5.